The fraction of sp³-hybridized carbons (Fsp3) is 0.0476. The molecule has 2 aromatic heterocycles. The average molecular weight is 475 g/mol. The summed E-state index contributed by atoms with van der Waals surface area (Å²) in [5.41, 5.74) is 0.846. The molecule has 6 nitrogen and oxygen atoms in total. The predicted octanol–water partition coefficient (Wildman–Crippen LogP) is 4.96. The van der Waals surface area contributed by atoms with Gasteiger partial charge in [-0.3, -0.25) is 14.2 Å². The number of benzene rings is 2. The van der Waals surface area contributed by atoms with Gasteiger partial charge in [0.1, 0.15) is 5.82 Å². The standard InChI is InChI=1S/C21H13Cl2FN4O2S/c22-14-10-12(7-8-15(14)24)28-20(30)13-4-1-2-5-16(13)27-21(28)31-11-18(29)26-17-6-3-9-25-19(17)23/h1-10H,11H2,(H,26,29). The van der Waals surface area contributed by atoms with Crippen molar-refractivity contribution in [2.24, 2.45) is 0 Å². The third-order valence-corrected chi connectivity index (χ3v) is 5.80. The van der Waals surface area contributed by atoms with Gasteiger partial charge in [-0.1, -0.05) is 47.1 Å². The Kier molecular flexibility index (Phi) is 6.22. The largest absolute Gasteiger partial charge is 0.323 e. The maximum absolute atomic E-state index is 13.7. The van der Waals surface area contributed by atoms with Gasteiger partial charge in [-0.05, 0) is 42.5 Å². The van der Waals surface area contributed by atoms with Gasteiger partial charge in [0.05, 0.1) is 33.1 Å². The second-order valence-corrected chi connectivity index (χ2v) is 8.04. The molecule has 0 unspecified atom stereocenters. The van der Waals surface area contributed by atoms with Crippen LogP contribution >= 0.6 is 35.0 Å². The molecule has 10 heteroatoms. The third-order valence-electron chi connectivity index (χ3n) is 4.27. The lowest BCUT2D eigenvalue weighted by molar-refractivity contribution is -0.113. The zero-order chi connectivity index (χ0) is 22.0. The van der Waals surface area contributed by atoms with E-state index in [0.717, 1.165) is 11.8 Å². The average Bonchev–Trinajstić information content (AvgIpc) is 2.76. The lowest BCUT2D eigenvalue weighted by Crippen LogP contribution is -2.23. The number of rotatable bonds is 5. The lowest BCUT2D eigenvalue weighted by Gasteiger charge is -2.14. The van der Waals surface area contributed by atoms with E-state index in [1.54, 1.807) is 36.4 Å². The minimum atomic E-state index is -0.603. The fourth-order valence-corrected chi connectivity index (χ4v) is 4.01. The van der Waals surface area contributed by atoms with Crippen molar-refractivity contribution in [3.63, 3.8) is 0 Å². The van der Waals surface area contributed by atoms with Crippen molar-refractivity contribution in [2.75, 3.05) is 11.1 Å². The van der Waals surface area contributed by atoms with Crippen LogP contribution in [0.1, 0.15) is 0 Å². The summed E-state index contributed by atoms with van der Waals surface area (Å²) < 4.78 is 15.0. The van der Waals surface area contributed by atoms with E-state index in [1.807, 2.05) is 0 Å². The number of anilines is 1. The number of aromatic nitrogens is 3. The number of carbonyl (C=O) groups excluding carboxylic acids is 1. The number of carbonyl (C=O) groups is 1. The number of para-hydroxylation sites is 1. The zero-order valence-electron chi connectivity index (χ0n) is 15.7. The van der Waals surface area contributed by atoms with Gasteiger partial charge < -0.3 is 5.32 Å². The molecule has 31 heavy (non-hydrogen) atoms. The first kappa shape index (κ1) is 21.3. The van der Waals surface area contributed by atoms with Gasteiger partial charge >= 0.3 is 0 Å². The fourth-order valence-electron chi connectivity index (χ4n) is 2.86. The van der Waals surface area contributed by atoms with E-state index >= 15 is 0 Å². The summed E-state index contributed by atoms with van der Waals surface area (Å²) in [4.78, 5) is 34.0. The number of nitrogens with one attached hydrogen (secondary N) is 1. The molecule has 0 aliphatic carbocycles. The summed E-state index contributed by atoms with van der Waals surface area (Å²) in [6.45, 7) is 0. The van der Waals surface area contributed by atoms with E-state index in [2.05, 4.69) is 15.3 Å². The van der Waals surface area contributed by atoms with Gasteiger partial charge in [0, 0.05) is 6.20 Å². The highest BCUT2D eigenvalue weighted by Gasteiger charge is 2.16. The lowest BCUT2D eigenvalue weighted by atomic mass is 10.2. The molecule has 2 aromatic carbocycles. The van der Waals surface area contributed by atoms with Gasteiger partial charge in [0.25, 0.3) is 5.56 Å². The monoisotopic (exact) mass is 474 g/mol. The second-order valence-electron chi connectivity index (χ2n) is 6.33. The summed E-state index contributed by atoms with van der Waals surface area (Å²) in [6.07, 6.45) is 1.51. The molecule has 0 aliphatic rings. The summed E-state index contributed by atoms with van der Waals surface area (Å²) in [6, 6.07) is 14.1. The SMILES string of the molecule is O=C(CSc1nc2ccccc2c(=O)n1-c1ccc(F)c(Cl)c1)Nc1cccnc1Cl. The Morgan fingerprint density at radius 1 is 1.13 bits per heavy atom. The Morgan fingerprint density at radius 3 is 2.71 bits per heavy atom. The molecular formula is C21H13Cl2FN4O2S. The molecule has 4 aromatic rings. The molecule has 1 N–H and O–H groups in total. The second kappa shape index (κ2) is 9.05. The van der Waals surface area contributed by atoms with Crippen LogP contribution in [0.3, 0.4) is 0 Å². The summed E-state index contributed by atoms with van der Waals surface area (Å²) in [5, 5.41) is 3.36. The molecule has 1 amide bonds. The van der Waals surface area contributed by atoms with Gasteiger partial charge in [-0.25, -0.2) is 14.4 Å². The smallest absolute Gasteiger partial charge is 0.266 e. The minimum Gasteiger partial charge on any atom is -0.323 e. The Labute approximate surface area is 190 Å². The first-order valence-corrected chi connectivity index (χ1v) is 10.7. The molecule has 0 aliphatic heterocycles. The van der Waals surface area contributed by atoms with Crippen LogP contribution in [0.25, 0.3) is 16.6 Å². The minimum absolute atomic E-state index is 0.0507. The molecule has 0 atom stereocenters. The maximum Gasteiger partial charge on any atom is 0.266 e. The van der Waals surface area contributed by atoms with Crippen LogP contribution < -0.4 is 10.9 Å². The molecule has 0 bridgehead atoms. The Hall–Kier alpha value is -2.94. The van der Waals surface area contributed by atoms with Crippen LogP contribution in [0.15, 0.2) is 70.7 Å². The molecule has 0 fully saturated rings. The van der Waals surface area contributed by atoms with Crippen LogP contribution in [0.5, 0.6) is 0 Å². The van der Waals surface area contributed by atoms with Crippen molar-refractivity contribution in [1.82, 2.24) is 14.5 Å². The molecule has 4 rings (SSSR count). The number of thioether (sulfide) groups is 1. The molecule has 156 valence electrons. The van der Waals surface area contributed by atoms with Gasteiger partial charge in [0.15, 0.2) is 10.3 Å². The molecule has 0 radical (unpaired) electrons. The first-order valence-electron chi connectivity index (χ1n) is 8.94. The highest BCUT2D eigenvalue weighted by atomic mass is 35.5. The molecule has 0 saturated heterocycles. The van der Waals surface area contributed by atoms with Crippen LogP contribution in [0, 0.1) is 5.82 Å². The van der Waals surface area contributed by atoms with E-state index < -0.39 is 5.82 Å². The third kappa shape index (κ3) is 4.56. The first-order chi connectivity index (χ1) is 14.9. The normalized spacial score (nSPS) is 10.9. The quantitative estimate of drug-likeness (QED) is 0.251. The van der Waals surface area contributed by atoms with E-state index in [0.29, 0.717) is 22.3 Å². The van der Waals surface area contributed by atoms with E-state index in [-0.39, 0.29) is 32.6 Å². The van der Waals surface area contributed by atoms with Crippen LogP contribution in [0.2, 0.25) is 10.2 Å². The Balaban J connectivity index is 1.70. The highest BCUT2D eigenvalue weighted by Crippen LogP contribution is 2.25. The Morgan fingerprint density at radius 2 is 1.94 bits per heavy atom. The summed E-state index contributed by atoms with van der Waals surface area (Å²) in [7, 11) is 0. The summed E-state index contributed by atoms with van der Waals surface area (Å²) >= 11 is 12.9. The molecule has 0 spiro atoms. The van der Waals surface area contributed by atoms with Crippen molar-refractivity contribution in [3.8, 4) is 5.69 Å². The zero-order valence-corrected chi connectivity index (χ0v) is 18.0. The van der Waals surface area contributed by atoms with Crippen LogP contribution in [-0.4, -0.2) is 26.2 Å². The molecule has 2 heterocycles. The number of fused-ring (bicyclic) bond motifs is 1. The van der Waals surface area contributed by atoms with E-state index in [9.17, 15) is 14.0 Å². The summed E-state index contributed by atoms with van der Waals surface area (Å²) in [5.74, 6) is -1.01. The molecular weight excluding hydrogens is 462 g/mol. The predicted molar refractivity (Wildman–Crippen MR) is 121 cm³/mol. The maximum atomic E-state index is 13.7. The van der Waals surface area contributed by atoms with Crippen molar-refractivity contribution in [1.29, 1.82) is 0 Å². The Bertz CT molecular complexity index is 1360. The van der Waals surface area contributed by atoms with Crippen molar-refractivity contribution in [2.45, 2.75) is 5.16 Å². The van der Waals surface area contributed by atoms with E-state index in [4.69, 9.17) is 23.2 Å². The number of nitrogens with zero attached hydrogens (tertiary/aromatic N) is 3. The van der Waals surface area contributed by atoms with E-state index in [1.165, 1.54) is 29.0 Å². The van der Waals surface area contributed by atoms with Gasteiger partial charge in [-0.15, -0.1) is 0 Å². The molecule has 0 saturated carbocycles. The number of pyridine rings is 1. The van der Waals surface area contributed by atoms with Gasteiger partial charge in [0.2, 0.25) is 5.91 Å². The van der Waals surface area contributed by atoms with Crippen LogP contribution in [-0.2, 0) is 4.79 Å². The van der Waals surface area contributed by atoms with Crippen molar-refractivity contribution >= 4 is 57.5 Å². The number of hydrogen-bond donors (Lipinski definition) is 1. The highest BCUT2D eigenvalue weighted by molar-refractivity contribution is 7.99. The van der Waals surface area contributed by atoms with Crippen molar-refractivity contribution < 1.29 is 9.18 Å². The number of amides is 1. The number of halogens is 3. The van der Waals surface area contributed by atoms with Crippen molar-refractivity contribution in [3.05, 3.63) is 87.1 Å². The number of hydrogen-bond acceptors (Lipinski definition) is 5. The van der Waals surface area contributed by atoms with Crippen LogP contribution in [0.4, 0.5) is 10.1 Å². The topological polar surface area (TPSA) is 76.9 Å². The van der Waals surface area contributed by atoms with Gasteiger partial charge in [-0.2, -0.15) is 0 Å².